The van der Waals surface area contributed by atoms with Gasteiger partial charge in [0.2, 0.25) is 5.91 Å². The number of piperazine rings is 1. The lowest BCUT2D eigenvalue weighted by Gasteiger charge is -2.36. The van der Waals surface area contributed by atoms with Crippen LogP contribution in [-0.4, -0.2) is 87.0 Å². The summed E-state index contributed by atoms with van der Waals surface area (Å²) in [5.41, 5.74) is 8.32. The molecular formula is C26H34N8O. The Morgan fingerprint density at radius 3 is 2.69 bits per heavy atom. The number of likely N-dealkylation sites (N-methyl/N-ethyl adjacent to an activating group) is 1. The summed E-state index contributed by atoms with van der Waals surface area (Å²) in [7, 11) is 1.45. The van der Waals surface area contributed by atoms with Crippen LogP contribution < -0.4 is 4.90 Å². The largest absolute Gasteiger partial charge is 0.353 e. The van der Waals surface area contributed by atoms with Gasteiger partial charge in [-0.3, -0.25) is 4.79 Å². The van der Waals surface area contributed by atoms with Gasteiger partial charge in [-0.1, -0.05) is 13.8 Å². The maximum Gasteiger partial charge on any atom is 0.236 e. The summed E-state index contributed by atoms with van der Waals surface area (Å²) < 4.78 is 24.2. The van der Waals surface area contributed by atoms with E-state index in [1.54, 1.807) is 11.2 Å². The van der Waals surface area contributed by atoms with E-state index in [2.05, 4.69) is 53.7 Å². The van der Waals surface area contributed by atoms with Gasteiger partial charge < -0.3 is 19.7 Å². The number of aromatic nitrogens is 5. The number of anilines is 1. The Morgan fingerprint density at radius 1 is 1.20 bits per heavy atom. The lowest BCUT2D eigenvalue weighted by atomic mass is 9.95. The predicted octanol–water partition coefficient (Wildman–Crippen LogP) is 3.22. The fraction of sp³-hybridized carbons (Fsp3) is 0.462. The molecule has 9 nitrogen and oxygen atoms in total. The van der Waals surface area contributed by atoms with Crippen molar-refractivity contribution in [1.29, 1.82) is 0 Å². The van der Waals surface area contributed by atoms with Crippen molar-refractivity contribution in [3.8, 4) is 11.3 Å². The first-order chi connectivity index (χ1) is 18.0. The van der Waals surface area contributed by atoms with Gasteiger partial charge in [-0.05, 0) is 57.0 Å². The van der Waals surface area contributed by atoms with Gasteiger partial charge in [-0.25, -0.2) is 14.5 Å². The summed E-state index contributed by atoms with van der Waals surface area (Å²) in [4.78, 5) is 30.8. The molecule has 5 heterocycles. The van der Waals surface area contributed by atoms with Crippen LogP contribution in [0.4, 0.5) is 5.82 Å². The molecule has 9 heteroatoms. The molecule has 0 radical (unpaired) electrons. The Hall–Kier alpha value is -3.46. The summed E-state index contributed by atoms with van der Waals surface area (Å²) in [5, 5.41) is 4.37. The third-order valence-electron chi connectivity index (χ3n) is 6.97. The number of hydrogen-bond donors (Lipinski definition) is 1. The van der Waals surface area contributed by atoms with Gasteiger partial charge in [0.25, 0.3) is 0 Å². The van der Waals surface area contributed by atoms with E-state index < -0.39 is 6.98 Å². The Bertz CT molecular complexity index is 1500. The fourth-order valence-electron chi connectivity index (χ4n) is 4.97. The summed E-state index contributed by atoms with van der Waals surface area (Å²) in [6.07, 6.45) is 3.61. The second-order valence-corrected chi connectivity index (χ2v) is 9.68. The minimum Gasteiger partial charge on any atom is -0.353 e. The van der Waals surface area contributed by atoms with Crippen LogP contribution >= 0.6 is 0 Å². The number of hydrogen-bond acceptors (Lipinski definition) is 6. The molecule has 35 heavy (non-hydrogen) atoms. The van der Waals surface area contributed by atoms with Gasteiger partial charge >= 0.3 is 0 Å². The van der Waals surface area contributed by atoms with Crippen LogP contribution in [0.2, 0.25) is 0 Å². The summed E-state index contributed by atoms with van der Waals surface area (Å²) >= 11 is 0. The van der Waals surface area contributed by atoms with Crippen LogP contribution in [0.1, 0.15) is 40.6 Å². The highest BCUT2D eigenvalue weighted by molar-refractivity contribution is 5.90. The lowest BCUT2D eigenvalue weighted by molar-refractivity contribution is -0.132. The van der Waals surface area contributed by atoms with E-state index in [4.69, 9.17) is 9.10 Å². The molecule has 1 amide bonds. The highest BCUT2D eigenvalue weighted by Crippen LogP contribution is 2.37. The van der Waals surface area contributed by atoms with Crippen LogP contribution in [-0.2, 0) is 4.79 Å². The molecule has 0 spiro atoms. The average Bonchev–Trinajstić information content (AvgIpc) is 3.50. The maximum atomic E-state index is 12.6. The SMILES string of the molecule is [2H]C([2H])([2H])N(C)CC(=O)N1CCN(c2ccc3[nH]c(-c4cn5ncnc5c(C)c4C)c(C(C)C)c3n2)CC1. The van der Waals surface area contributed by atoms with E-state index >= 15 is 0 Å². The molecule has 1 aliphatic heterocycles. The Labute approximate surface area is 210 Å². The molecule has 1 N–H and O–H groups in total. The van der Waals surface area contributed by atoms with Crippen molar-refractivity contribution in [1.82, 2.24) is 34.4 Å². The summed E-state index contributed by atoms with van der Waals surface area (Å²) in [5.74, 6) is 0.938. The molecule has 1 aliphatic rings. The topological polar surface area (TPSA) is 85.7 Å². The molecule has 5 rings (SSSR count). The monoisotopic (exact) mass is 477 g/mol. The third kappa shape index (κ3) is 4.14. The molecule has 0 atom stereocenters. The van der Waals surface area contributed by atoms with E-state index in [-0.39, 0.29) is 18.4 Å². The Morgan fingerprint density at radius 2 is 1.97 bits per heavy atom. The fourth-order valence-corrected chi connectivity index (χ4v) is 4.97. The zero-order valence-corrected chi connectivity index (χ0v) is 21.0. The van der Waals surface area contributed by atoms with E-state index in [1.807, 2.05) is 16.8 Å². The average molecular weight is 478 g/mol. The first kappa shape index (κ1) is 19.8. The number of pyridine rings is 2. The van der Waals surface area contributed by atoms with Crippen molar-refractivity contribution < 1.29 is 8.91 Å². The molecule has 1 saturated heterocycles. The van der Waals surface area contributed by atoms with Crippen LogP contribution in [0.3, 0.4) is 0 Å². The van der Waals surface area contributed by atoms with Crippen molar-refractivity contribution in [2.24, 2.45) is 0 Å². The normalized spacial score (nSPS) is 16.4. The van der Waals surface area contributed by atoms with Crippen LogP contribution in [0.15, 0.2) is 24.7 Å². The number of carbonyl (C=O) groups excluding carboxylic acids is 1. The smallest absolute Gasteiger partial charge is 0.236 e. The zero-order chi connectivity index (χ0) is 27.4. The highest BCUT2D eigenvalue weighted by Gasteiger charge is 2.24. The van der Waals surface area contributed by atoms with Gasteiger partial charge in [0.05, 0.1) is 23.3 Å². The number of H-pyrrole nitrogens is 1. The highest BCUT2D eigenvalue weighted by atomic mass is 16.2. The van der Waals surface area contributed by atoms with Crippen molar-refractivity contribution in [3.63, 3.8) is 0 Å². The predicted molar refractivity (Wildman–Crippen MR) is 139 cm³/mol. The number of aryl methyl sites for hydroxylation is 1. The van der Waals surface area contributed by atoms with Gasteiger partial charge in [0.15, 0.2) is 5.65 Å². The van der Waals surface area contributed by atoms with Gasteiger partial charge in [0, 0.05) is 47.6 Å². The second-order valence-electron chi connectivity index (χ2n) is 9.68. The number of amides is 1. The number of nitrogens with one attached hydrogen (secondary N) is 1. The van der Waals surface area contributed by atoms with E-state index in [0.29, 0.717) is 26.2 Å². The summed E-state index contributed by atoms with van der Waals surface area (Å²) in [6, 6.07) is 4.09. The van der Waals surface area contributed by atoms with E-state index in [9.17, 15) is 4.79 Å². The first-order valence-electron chi connectivity index (χ1n) is 13.5. The zero-order valence-electron chi connectivity index (χ0n) is 24.0. The molecule has 0 aromatic carbocycles. The minimum absolute atomic E-state index is 0.121. The van der Waals surface area contributed by atoms with Crippen molar-refractivity contribution in [3.05, 3.63) is 41.3 Å². The lowest BCUT2D eigenvalue weighted by Crippen LogP contribution is -2.50. The number of nitrogens with zero attached hydrogens (tertiary/aromatic N) is 7. The summed E-state index contributed by atoms with van der Waals surface area (Å²) in [6.45, 7) is 8.47. The number of rotatable bonds is 5. The standard InChI is InChI=1S/C26H34N8O/c1-16(2)23-24(19-13-34-26(27-15-28-34)18(4)17(19)3)29-20-7-8-21(30-25(20)23)32-9-11-33(12-10-32)22(35)14-31(5)6/h7-8,13,15-16,29H,9-12,14H2,1-6H3/i5D3. The van der Waals surface area contributed by atoms with E-state index in [1.165, 1.54) is 7.05 Å². The van der Waals surface area contributed by atoms with Crippen LogP contribution in [0, 0.1) is 13.8 Å². The molecule has 0 saturated carbocycles. The molecule has 0 aliphatic carbocycles. The van der Waals surface area contributed by atoms with Crippen LogP contribution in [0.5, 0.6) is 0 Å². The van der Waals surface area contributed by atoms with Crippen molar-refractivity contribution in [2.45, 2.75) is 33.6 Å². The van der Waals surface area contributed by atoms with Gasteiger partial charge in [-0.2, -0.15) is 5.10 Å². The molecule has 4 aromatic heterocycles. The Balaban J connectivity index is 1.42. The number of aromatic amines is 1. The van der Waals surface area contributed by atoms with Crippen molar-refractivity contribution in [2.75, 3.05) is 51.6 Å². The van der Waals surface area contributed by atoms with E-state index in [0.717, 1.165) is 55.3 Å². The van der Waals surface area contributed by atoms with Gasteiger partial charge in [0.1, 0.15) is 12.1 Å². The van der Waals surface area contributed by atoms with Crippen molar-refractivity contribution >= 4 is 28.4 Å². The first-order valence-corrected chi connectivity index (χ1v) is 12.0. The second kappa shape index (κ2) is 8.96. The number of carbonyl (C=O) groups is 1. The number of fused-ring (bicyclic) bond motifs is 2. The maximum absolute atomic E-state index is 12.6. The molecule has 184 valence electrons. The molecule has 0 unspecified atom stereocenters. The molecule has 0 bridgehead atoms. The Kier molecular flexibility index (Phi) is 5.07. The van der Waals surface area contributed by atoms with Gasteiger partial charge in [-0.15, -0.1) is 0 Å². The molecular weight excluding hydrogens is 440 g/mol. The molecule has 4 aromatic rings. The quantitative estimate of drug-likeness (QED) is 0.475. The minimum atomic E-state index is -2.28. The van der Waals surface area contributed by atoms with Crippen LogP contribution in [0.25, 0.3) is 27.9 Å². The molecule has 1 fully saturated rings. The third-order valence-corrected chi connectivity index (χ3v) is 6.97.